The zero-order valence-corrected chi connectivity index (χ0v) is 24.8. The number of carbonyl (C=O) groups is 1. The number of carbonyl (C=O) groups excluding carboxylic acids is 1. The van der Waals surface area contributed by atoms with Crippen molar-refractivity contribution in [1.29, 1.82) is 0 Å². The maximum Gasteiger partial charge on any atom is 0.261 e. The molecule has 42 heavy (non-hydrogen) atoms. The lowest BCUT2D eigenvalue weighted by atomic mass is 10.1. The van der Waals surface area contributed by atoms with E-state index in [0.29, 0.717) is 53.7 Å². The number of terminal acetylenes is 1. The first-order valence-corrected chi connectivity index (χ1v) is 14.6. The predicted octanol–water partition coefficient (Wildman–Crippen LogP) is 4.93. The Bertz CT molecular complexity index is 1660. The fourth-order valence-electron chi connectivity index (χ4n) is 5.56. The molecule has 1 N–H and O–H groups in total. The van der Waals surface area contributed by atoms with Crippen molar-refractivity contribution in [3.63, 3.8) is 0 Å². The average molecular weight is 583 g/mol. The van der Waals surface area contributed by atoms with Crippen molar-refractivity contribution in [3.05, 3.63) is 98.8 Å². The zero-order chi connectivity index (χ0) is 29.6. The van der Waals surface area contributed by atoms with Crippen molar-refractivity contribution in [3.8, 4) is 12.3 Å². The van der Waals surface area contributed by atoms with Gasteiger partial charge in [-0.05, 0) is 79.4 Å². The number of pyridine rings is 1. The molecule has 0 bridgehead atoms. The van der Waals surface area contributed by atoms with Gasteiger partial charge in [-0.25, -0.2) is 4.98 Å². The Kier molecular flexibility index (Phi) is 9.21. The average Bonchev–Trinajstić information content (AvgIpc) is 3.46. The first kappa shape index (κ1) is 29.3. The number of hydrogen-bond donors (Lipinski definition) is 1. The summed E-state index contributed by atoms with van der Waals surface area (Å²) < 4.78 is 1.66. The Balaban J connectivity index is 1.34. The van der Waals surface area contributed by atoms with Crippen LogP contribution in [-0.4, -0.2) is 44.5 Å². The van der Waals surface area contributed by atoms with Crippen LogP contribution in [0.25, 0.3) is 10.9 Å². The summed E-state index contributed by atoms with van der Waals surface area (Å²) in [5.41, 5.74) is 3.58. The normalized spacial score (nSPS) is 15.0. The molecule has 1 fully saturated rings. The number of hydrogen-bond acceptors (Lipinski definition) is 6. The first-order valence-electron chi connectivity index (χ1n) is 14.3. The second kappa shape index (κ2) is 13.2. The van der Waals surface area contributed by atoms with E-state index in [1.807, 2.05) is 35.2 Å². The lowest BCUT2D eigenvalue weighted by Crippen LogP contribution is -2.32. The highest BCUT2D eigenvalue weighted by molar-refractivity contribution is 6.32. The highest BCUT2D eigenvalue weighted by Gasteiger charge is 2.24. The van der Waals surface area contributed by atoms with Gasteiger partial charge in [0.15, 0.2) is 0 Å². The zero-order valence-electron chi connectivity index (χ0n) is 24.0. The summed E-state index contributed by atoms with van der Waals surface area (Å²) in [5.74, 6) is 3.27. The predicted molar refractivity (Wildman–Crippen MR) is 167 cm³/mol. The molecule has 1 atom stereocenters. The van der Waals surface area contributed by atoms with Crippen molar-refractivity contribution >= 4 is 34.1 Å². The number of nitrogens with zero attached hydrogens (tertiary/aromatic N) is 5. The Labute approximate surface area is 251 Å². The molecule has 5 rings (SSSR count). The maximum atomic E-state index is 13.4. The second-order valence-corrected chi connectivity index (χ2v) is 11.1. The number of amides is 1. The summed E-state index contributed by atoms with van der Waals surface area (Å²) >= 11 is 6.75. The van der Waals surface area contributed by atoms with Crippen LogP contribution >= 0.6 is 11.6 Å². The van der Waals surface area contributed by atoms with E-state index in [1.165, 1.54) is 12.8 Å². The third kappa shape index (κ3) is 6.48. The number of fused-ring (bicyclic) bond motifs is 1. The molecule has 1 aliphatic heterocycles. The highest BCUT2D eigenvalue weighted by atomic mass is 35.5. The van der Waals surface area contributed by atoms with Crippen LogP contribution in [0, 0.1) is 12.3 Å². The monoisotopic (exact) mass is 582 g/mol. The van der Waals surface area contributed by atoms with Gasteiger partial charge in [0.05, 0.1) is 24.0 Å². The highest BCUT2D eigenvalue weighted by Crippen LogP contribution is 2.27. The lowest BCUT2D eigenvalue weighted by molar-refractivity contribution is 0.0951. The number of rotatable bonds is 10. The van der Waals surface area contributed by atoms with Crippen LogP contribution < -0.4 is 15.8 Å². The molecule has 1 saturated heterocycles. The number of aromatic nitrogens is 3. The smallest absolute Gasteiger partial charge is 0.261 e. The SMILES string of the molecule is C#CCN(Cc1cc2c(=O)n(C)c(CN3CCC[C@H]3CC)nc2cc1Cl)c1ccc(C(=O)NCc2cccnc2)cc1. The number of likely N-dealkylation sites (tertiary alicyclic amines) is 1. The molecule has 0 aliphatic carbocycles. The van der Waals surface area contributed by atoms with Crippen LogP contribution in [0.3, 0.4) is 0 Å². The third-order valence-electron chi connectivity index (χ3n) is 7.97. The summed E-state index contributed by atoms with van der Waals surface area (Å²) in [7, 11) is 1.79. The quantitative estimate of drug-likeness (QED) is 0.267. The van der Waals surface area contributed by atoms with E-state index in [2.05, 4.69) is 28.0 Å². The van der Waals surface area contributed by atoms with Gasteiger partial charge in [-0.2, -0.15) is 0 Å². The van der Waals surface area contributed by atoms with Crippen LogP contribution in [0.4, 0.5) is 5.69 Å². The first-order chi connectivity index (χ1) is 20.4. The summed E-state index contributed by atoms with van der Waals surface area (Å²) in [5, 5.41) is 3.96. The number of benzene rings is 2. The van der Waals surface area contributed by atoms with Crippen molar-refractivity contribution in [2.45, 2.75) is 51.9 Å². The molecule has 9 heteroatoms. The molecule has 216 valence electrons. The van der Waals surface area contributed by atoms with Gasteiger partial charge in [-0.15, -0.1) is 6.42 Å². The largest absolute Gasteiger partial charge is 0.356 e. The fourth-order valence-corrected chi connectivity index (χ4v) is 5.78. The molecule has 8 nitrogen and oxygen atoms in total. The van der Waals surface area contributed by atoms with E-state index in [1.54, 1.807) is 42.2 Å². The van der Waals surface area contributed by atoms with Gasteiger partial charge in [-0.1, -0.05) is 30.5 Å². The van der Waals surface area contributed by atoms with E-state index in [9.17, 15) is 9.59 Å². The standard InChI is InChI=1S/C33H35ClN6O2/c1-4-15-39(27-12-10-24(11-13-27)32(41)36-20-23-8-6-14-35-19-23)21-25-17-28-30(18-29(25)34)37-31(38(3)33(28)42)22-40-16-7-9-26(40)5-2/h1,6,8,10-14,17-19,26H,5,7,9,15-16,20-22H2,2-3H3,(H,36,41)/t26-/m1/s1. The van der Waals surface area contributed by atoms with Crippen LogP contribution in [0.1, 0.15) is 53.5 Å². The van der Waals surface area contributed by atoms with E-state index >= 15 is 0 Å². The molecule has 2 aromatic heterocycles. The number of nitrogens with one attached hydrogen (secondary N) is 1. The van der Waals surface area contributed by atoms with E-state index in [-0.39, 0.29) is 11.5 Å². The Morgan fingerprint density at radius 3 is 2.76 bits per heavy atom. The lowest BCUT2D eigenvalue weighted by Gasteiger charge is -2.24. The molecule has 0 unspecified atom stereocenters. The van der Waals surface area contributed by atoms with Crippen molar-refractivity contribution < 1.29 is 4.79 Å². The van der Waals surface area contributed by atoms with E-state index < -0.39 is 0 Å². The molecule has 1 aliphatic rings. The van der Waals surface area contributed by atoms with Gasteiger partial charge in [0.25, 0.3) is 11.5 Å². The van der Waals surface area contributed by atoms with Gasteiger partial charge in [-0.3, -0.25) is 24.0 Å². The van der Waals surface area contributed by atoms with Gasteiger partial charge < -0.3 is 10.2 Å². The summed E-state index contributed by atoms with van der Waals surface area (Å²) in [6, 6.07) is 15.1. The minimum absolute atomic E-state index is 0.0923. The van der Waals surface area contributed by atoms with Gasteiger partial charge in [0.1, 0.15) is 5.82 Å². The van der Waals surface area contributed by atoms with Crippen LogP contribution in [-0.2, 0) is 26.7 Å². The molecule has 4 aromatic rings. The molecule has 0 saturated carbocycles. The molecular weight excluding hydrogens is 548 g/mol. The maximum absolute atomic E-state index is 13.4. The van der Waals surface area contributed by atoms with Gasteiger partial charge >= 0.3 is 0 Å². The Hall–Kier alpha value is -4.19. The minimum Gasteiger partial charge on any atom is -0.356 e. The molecule has 1 amide bonds. The fraction of sp³-hybridized carbons (Fsp3) is 0.333. The molecule has 0 radical (unpaired) electrons. The summed E-state index contributed by atoms with van der Waals surface area (Å²) in [4.78, 5) is 39.4. The molecular formula is C33H35ClN6O2. The van der Waals surface area contributed by atoms with Crippen molar-refractivity contribution in [2.75, 3.05) is 18.0 Å². The Morgan fingerprint density at radius 2 is 2.05 bits per heavy atom. The van der Waals surface area contributed by atoms with Gasteiger partial charge in [0.2, 0.25) is 0 Å². The van der Waals surface area contributed by atoms with Gasteiger partial charge in [0, 0.05) is 54.8 Å². The molecule has 2 aromatic carbocycles. The van der Waals surface area contributed by atoms with Crippen molar-refractivity contribution in [2.24, 2.45) is 7.05 Å². The number of halogens is 1. The van der Waals surface area contributed by atoms with E-state index in [0.717, 1.165) is 35.6 Å². The van der Waals surface area contributed by atoms with Crippen molar-refractivity contribution in [1.82, 2.24) is 24.8 Å². The minimum atomic E-state index is -0.177. The molecule has 3 heterocycles. The van der Waals surface area contributed by atoms with Crippen LogP contribution in [0.15, 0.2) is 65.7 Å². The second-order valence-electron chi connectivity index (χ2n) is 10.7. The summed E-state index contributed by atoms with van der Waals surface area (Å²) in [6.07, 6.45) is 12.6. The number of anilines is 1. The van der Waals surface area contributed by atoms with Crippen LogP contribution in [0.5, 0.6) is 0 Å². The summed E-state index contributed by atoms with van der Waals surface area (Å²) in [6.45, 7) is 4.98. The topological polar surface area (TPSA) is 83.4 Å². The third-order valence-corrected chi connectivity index (χ3v) is 8.32. The Morgan fingerprint density at radius 1 is 1.24 bits per heavy atom. The van der Waals surface area contributed by atoms with Crippen LogP contribution in [0.2, 0.25) is 5.02 Å². The van der Waals surface area contributed by atoms with E-state index in [4.69, 9.17) is 23.0 Å². The molecule has 0 spiro atoms.